The zero-order valence-electron chi connectivity index (χ0n) is 18.4. The van der Waals surface area contributed by atoms with Gasteiger partial charge in [-0.2, -0.15) is 0 Å². The largest absolute Gasteiger partial charge is 1.00 e. The Kier molecular flexibility index (Phi) is 16.4. The number of hydrogen-bond acceptors (Lipinski definition) is 5. The minimum absolute atomic E-state index is 0. The van der Waals surface area contributed by atoms with Crippen molar-refractivity contribution in [3.8, 4) is 0 Å². The van der Waals surface area contributed by atoms with E-state index in [-0.39, 0.29) is 54.5 Å². The van der Waals surface area contributed by atoms with Gasteiger partial charge in [0.15, 0.2) is 0 Å². The van der Waals surface area contributed by atoms with Gasteiger partial charge in [-0.05, 0) is 12.8 Å². The Morgan fingerprint density at radius 2 is 1.62 bits per heavy atom. The Morgan fingerprint density at radius 1 is 1.03 bits per heavy atom. The number of carbonyl (C=O) groups is 2. The molecule has 0 saturated carbocycles. The van der Waals surface area contributed by atoms with Gasteiger partial charge in [0.1, 0.15) is 0 Å². The second-order valence-corrected chi connectivity index (χ2v) is 9.23. The van der Waals surface area contributed by atoms with Crippen LogP contribution in [0.2, 0.25) is 0 Å². The fourth-order valence-corrected chi connectivity index (χ4v) is 3.95. The van der Waals surface area contributed by atoms with E-state index >= 15 is 0 Å². The Balaban J connectivity index is 0.00000784. The number of likely N-dealkylation sites (tertiary alicyclic amines) is 1. The molecular weight excluding hydrogens is 403 g/mol. The summed E-state index contributed by atoms with van der Waals surface area (Å²) in [5, 5.41) is 0. The first-order valence-corrected chi connectivity index (χ1v) is 12.4. The SMILES string of the molecule is CCCCCCCCCCCC(=O)N(CCN1CCCC1=O)CCS(=O)(=O)[O-].[Na+]. The van der Waals surface area contributed by atoms with Crippen LogP contribution in [-0.4, -0.2) is 66.5 Å². The standard InChI is InChI=1S/C20H38N2O5S.Na/c1-2-3-4-5-6-7-8-9-10-12-19(23)22(17-18-28(25,26)27)16-15-21-14-11-13-20(21)24;/h2-18H2,1H3,(H,25,26,27);/q;+1/p-1. The second-order valence-electron chi connectivity index (χ2n) is 7.71. The molecule has 0 N–H and O–H groups in total. The molecular formula is C20H37N2NaO5S. The zero-order valence-corrected chi connectivity index (χ0v) is 21.2. The van der Waals surface area contributed by atoms with E-state index < -0.39 is 15.9 Å². The maximum absolute atomic E-state index is 12.5. The maximum Gasteiger partial charge on any atom is 1.00 e. The normalized spacial score (nSPS) is 14.1. The number of carbonyl (C=O) groups excluding carboxylic acids is 2. The molecule has 1 rings (SSSR count). The molecule has 1 aliphatic rings. The zero-order chi connectivity index (χ0) is 20.8. The van der Waals surface area contributed by atoms with E-state index in [9.17, 15) is 22.6 Å². The average Bonchev–Trinajstić information content (AvgIpc) is 3.04. The quantitative estimate of drug-likeness (QED) is 0.190. The van der Waals surface area contributed by atoms with Crippen LogP contribution in [0.5, 0.6) is 0 Å². The van der Waals surface area contributed by atoms with E-state index in [1.54, 1.807) is 4.90 Å². The van der Waals surface area contributed by atoms with Gasteiger partial charge in [-0.25, -0.2) is 8.42 Å². The summed E-state index contributed by atoms with van der Waals surface area (Å²) in [6, 6.07) is 0. The van der Waals surface area contributed by atoms with Crippen LogP contribution in [0.3, 0.4) is 0 Å². The molecule has 0 bridgehead atoms. The van der Waals surface area contributed by atoms with Gasteiger partial charge in [-0.3, -0.25) is 9.59 Å². The third-order valence-electron chi connectivity index (χ3n) is 5.27. The topological polar surface area (TPSA) is 97.8 Å². The number of hydrogen-bond donors (Lipinski definition) is 0. The minimum Gasteiger partial charge on any atom is -0.748 e. The molecule has 29 heavy (non-hydrogen) atoms. The van der Waals surface area contributed by atoms with Crippen LogP contribution in [-0.2, 0) is 19.7 Å². The van der Waals surface area contributed by atoms with Crippen molar-refractivity contribution in [2.24, 2.45) is 0 Å². The molecule has 7 nitrogen and oxygen atoms in total. The molecule has 9 heteroatoms. The smallest absolute Gasteiger partial charge is 0.748 e. The summed E-state index contributed by atoms with van der Waals surface area (Å²) >= 11 is 0. The van der Waals surface area contributed by atoms with Gasteiger partial charge in [0.25, 0.3) is 0 Å². The molecule has 1 aliphatic heterocycles. The molecule has 0 unspecified atom stereocenters. The van der Waals surface area contributed by atoms with Crippen molar-refractivity contribution in [1.29, 1.82) is 0 Å². The third kappa shape index (κ3) is 14.5. The predicted molar refractivity (Wildman–Crippen MR) is 109 cm³/mol. The summed E-state index contributed by atoms with van der Waals surface area (Å²) in [4.78, 5) is 27.3. The first-order valence-electron chi connectivity index (χ1n) is 10.8. The van der Waals surface area contributed by atoms with Gasteiger partial charge in [-0.15, -0.1) is 0 Å². The summed E-state index contributed by atoms with van der Waals surface area (Å²) in [7, 11) is -4.37. The van der Waals surface area contributed by atoms with Crippen molar-refractivity contribution in [3.05, 3.63) is 0 Å². The molecule has 1 fully saturated rings. The molecule has 0 aromatic rings. The van der Waals surface area contributed by atoms with Crippen molar-refractivity contribution in [2.75, 3.05) is 31.9 Å². The van der Waals surface area contributed by atoms with E-state index in [0.29, 0.717) is 25.9 Å². The summed E-state index contributed by atoms with van der Waals surface area (Å²) in [6.45, 7) is 3.48. The van der Waals surface area contributed by atoms with Crippen LogP contribution >= 0.6 is 0 Å². The van der Waals surface area contributed by atoms with Gasteiger partial charge in [0, 0.05) is 39.0 Å². The summed E-state index contributed by atoms with van der Waals surface area (Å²) < 4.78 is 32.8. The summed E-state index contributed by atoms with van der Waals surface area (Å²) in [6.07, 6.45) is 12.1. The number of nitrogens with zero attached hydrogens (tertiary/aromatic N) is 2. The van der Waals surface area contributed by atoms with E-state index in [4.69, 9.17) is 0 Å². The van der Waals surface area contributed by atoms with Crippen LogP contribution in [0, 0.1) is 0 Å². The van der Waals surface area contributed by atoms with E-state index in [0.717, 1.165) is 25.7 Å². The summed E-state index contributed by atoms with van der Waals surface area (Å²) in [5.74, 6) is -0.634. The molecule has 0 radical (unpaired) electrons. The summed E-state index contributed by atoms with van der Waals surface area (Å²) in [5.41, 5.74) is 0. The maximum atomic E-state index is 12.5. The molecule has 164 valence electrons. The Labute approximate surface area is 199 Å². The first kappa shape index (κ1) is 28.9. The Bertz CT molecular complexity index is 571. The van der Waals surface area contributed by atoms with Gasteiger partial charge < -0.3 is 14.4 Å². The molecule has 0 aromatic carbocycles. The van der Waals surface area contributed by atoms with E-state index in [1.807, 2.05) is 0 Å². The second kappa shape index (κ2) is 16.5. The van der Waals surface area contributed by atoms with Gasteiger partial charge >= 0.3 is 29.6 Å². The van der Waals surface area contributed by atoms with Crippen LogP contribution < -0.4 is 29.6 Å². The van der Waals surface area contributed by atoms with Crippen molar-refractivity contribution in [2.45, 2.75) is 84.0 Å². The average molecular weight is 441 g/mol. The van der Waals surface area contributed by atoms with Crippen LogP contribution in [0.25, 0.3) is 0 Å². The van der Waals surface area contributed by atoms with E-state index in [1.165, 1.54) is 43.4 Å². The van der Waals surface area contributed by atoms with Crippen LogP contribution in [0.15, 0.2) is 0 Å². The van der Waals surface area contributed by atoms with Gasteiger partial charge in [-0.1, -0.05) is 58.3 Å². The number of amides is 2. The Morgan fingerprint density at radius 3 is 2.14 bits per heavy atom. The van der Waals surface area contributed by atoms with Crippen molar-refractivity contribution >= 4 is 21.9 Å². The first-order chi connectivity index (χ1) is 13.3. The van der Waals surface area contributed by atoms with Crippen molar-refractivity contribution in [1.82, 2.24) is 9.80 Å². The third-order valence-corrected chi connectivity index (χ3v) is 5.95. The Hall–Kier alpha value is -0.150. The van der Waals surface area contributed by atoms with Crippen molar-refractivity contribution < 1.29 is 52.1 Å². The molecule has 1 saturated heterocycles. The number of unbranched alkanes of at least 4 members (excludes halogenated alkanes) is 8. The molecule has 1 heterocycles. The van der Waals surface area contributed by atoms with Gasteiger partial charge in [0.05, 0.1) is 15.9 Å². The molecule has 0 spiro atoms. The molecule has 0 aliphatic carbocycles. The predicted octanol–water partition coefficient (Wildman–Crippen LogP) is -0.0925. The fourth-order valence-electron chi connectivity index (χ4n) is 3.51. The molecule has 2 amide bonds. The fraction of sp³-hybridized carbons (Fsp3) is 0.900. The van der Waals surface area contributed by atoms with Crippen LogP contribution in [0.4, 0.5) is 0 Å². The minimum atomic E-state index is -4.37. The number of rotatable bonds is 16. The van der Waals surface area contributed by atoms with E-state index in [2.05, 4.69) is 6.92 Å². The van der Waals surface area contributed by atoms with Gasteiger partial charge in [0.2, 0.25) is 11.8 Å². The van der Waals surface area contributed by atoms with Crippen molar-refractivity contribution in [3.63, 3.8) is 0 Å². The monoisotopic (exact) mass is 440 g/mol. The van der Waals surface area contributed by atoms with Crippen LogP contribution in [0.1, 0.15) is 84.0 Å². The molecule has 0 aromatic heterocycles. The molecule has 0 atom stereocenters.